The van der Waals surface area contributed by atoms with Gasteiger partial charge in [0.05, 0.1) is 0 Å². The highest BCUT2D eigenvalue weighted by atomic mass is 15.1. The fraction of sp³-hybridized carbons (Fsp3) is 0.143. The highest BCUT2D eigenvalue weighted by Gasteiger charge is 2.05. The lowest BCUT2D eigenvalue weighted by Crippen LogP contribution is -2.19. The van der Waals surface area contributed by atoms with Crippen molar-refractivity contribution in [3.05, 3.63) is 24.6 Å². The van der Waals surface area contributed by atoms with Crippen molar-refractivity contribution in [1.82, 2.24) is 5.32 Å². The van der Waals surface area contributed by atoms with Crippen molar-refractivity contribution in [2.45, 2.75) is 6.92 Å². The molecule has 0 spiro atoms. The van der Waals surface area contributed by atoms with Crippen LogP contribution in [0.3, 0.4) is 0 Å². The van der Waals surface area contributed by atoms with Crippen LogP contribution < -0.4 is 5.32 Å². The van der Waals surface area contributed by atoms with Crippen LogP contribution in [0.25, 0.3) is 0 Å². The molecular formula is C7H9N3. The molecule has 0 radical (unpaired) electrons. The van der Waals surface area contributed by atoms with Crippen LogP contribution in [0.15, 0.2) is 34.5 Å². The fourth-order valence-corrected chi connectivity index (χ4v) is 0.598. The summed E-state index contributed by atoms with van der Waals surface area (Å²) in [7, 11) is 0. The maximum absolute atomic E-state index is 3.91. The second-order valence-electron chi connectivity index (χ2n) is 2.07. The van der Waals surface area contributed by atoms with Crippen molar-refractivity contribution < 1.29 is 0 Å². The van der Waals surface area contributed by atoms with Crippen LogP contribution >= 0.6 is 0 Å². The number of rotatable bonds is 1. The molecule has 10 heavy (non-hydrogen) atoms. The highest BCUT2D eigenvalue weighted by molar-refractivity contribution is 6.06. The average molecular weight is 135 g/mol. The Balaban J connectivity index is 2.61. The van der Waals surface area contributed by atoms with E-state index in [1.54, 1.807) is 0 Å². The summed E-state index contributed by atoms with van der Waals surface area (Å²) in [6, 6.07) is 0. The van der Waals surface area contributed by atoms with Gasteiger partial charge in [-0.1, -0.05) is 13.2 Å². The molecule has 3 nitrogen and oxygen atoms in total. The third-order valence-electron chi connectivity index (χ3n) is 1.01. The minimum Gasteiger partial charge on any atom is -0.343 e. The molecule has 1 aliphatic rings. The summed E-state index contributed by atoms with van der Waals surface area (Å²) in [5.74, 6) is 0.688. The molecular weight excluding hydrogens is 126 g/mol. The Morgan fingerprint density at radius 3 is 2.80 bits per heavy atom. The summed E-state index contributed by atoms with van der Waals surface area (Å²) in [5.41, 5.74) is 1.49. The Morgan fingerprint density at radius 2 is 2.40 bits per heavy atom. The van der Waals surface area contributed by atoms with Gasteiger partial charge in [-0.05, 0) is 6.92 Å². The smallest absolute Gasteiger partial charge is 0.157 e. The van der Waals surface area contributed by atoms with Gasteiger partial charge in [-0.15, -0.1) is 0 Å². The second kappa shape index (κ2) is 2.47. The van der Waals surface area contributed by atoms with E-state index in [1.807, 2.05) is 6.92 Å². The van der Waals surface area contributed by atoms with E-state index in [0.29, 0.717) is 11.5 Å². The molecule has 1 heterocycles. The lowest BCUT2D eigenvalue weighted by atomic mass is 10.4. The molecule has 0 fully saturated rings. The monoisotopic (exact) mass is 135 g/mol. The number of aliphatic imine (C=N–C) groups is 2. The van der Waals surface area contributed by atoms with E-state index in [1.165, 1.54) is 6.34 Å². The van der Waals surface area contributed by atoms with Crippen molar-refractivity contribution in [3.63, 3.8) is 0 Å². The van der Waals surface area contributed by atoms with Gasteiger partial charge in [-0.2, -0.15) is 0 Å². The quantitative estimate of drug-likeness (QED) is 0.573. The topological polar surface area (TPSA) is 36.8 Å². The predicted octanol–water partition coefficient (Wildman–Crippen LogP) is 1.06. The van der Waals surface area contributed by atoms with E-state index in [9.17, 15) is 0 Å². The lowest BCUT2D eigenvalue weighted by molar-refractivity contribution is 1.13. The lowest BCUT2D eigenvalue weighted by Gasteiger charge is -2.02. The SMILES string of the molecule is C=C(C)NC1=NC=NC1=C. The zero-order valence-electron chi connectivity index (χ0n) is 5.89. The largest absolute Gasteiger partial charge is 0.343 e. The Labute approximate surface area is 59.9 Å². The van der Waals surface area contributed by atoms with Crippen molar-refractivity contribution in [2.24, 2.45) is 9.98 Å². The third-order valence-corrected chi connectivity index (χ3v) is 1.01. The molecule has 1 aliphatic heterocycles. The Hall–Kier alpha value is -1.38. The van der Waals surface area contributed by atoms with Crippen molar-refractivity contribution in [3.8, 4) is 0 Å². The summed E-state index contributed by atoms with van der Waals surface area (Å²) in [6.07, 6.45) is 1.47. The zero-order chi connectivity index (χ0) is 7.56. The van der Waals surface area contributed by atoms with Gasteiger partial charge in [0.15, 0.2) is 5.84 Å². The first kappa shape index (κ1) is 6.74. The molecule has 0 bridgehead atoms. The number of amidine groups is 1. The Morgan fingerprint density at radius 1 is 1.70 bits per heavy atom. The molecule has 0 saturated carbocycles. The molecule has 0 unspecified atom stereocenters. The molecule has 0 atom stereocenters. The van der Waals surface area contributed by atoms with Crippen LogP contribution in [0.2, 0.25) is 0 Å². The van der Waals surface area contributed by atoms with Gasteiger partial charge in [0.2, 0.25) is 0 Å². The van der Waals surface area contributed by atoms with E-state index in [2.05, 4.69) is 28.5 Å². The predicted molar refractivity (Wildman–Crippen MR) is 43.0 cm³/mol. The van der Waals surface area contributed by atoms with Crippen LogP contribution in [-0.4, -0.2) is 12.2 Å². The Bertz CT molecular complexity index is 235. The second-order valence-corrected chi connectivity index (χ2v) is 2.07. The summed E-state index contributed by atoms with van der Waals surface area (Å²) in [4.78, 5) is 7.75. The highest BCUT2D eigenvalue weighted by Crippen LogP contribution is 2.01. The molecule has 52 valence electrons. The third kappa shape index (κ3) is 1.31. The average Bonchev–Trinajstić information content (AvgIpc) is 2.15. The summed E-state index contributed by atoms with van der Waals surface area (Å²) < 4.78 is 0. The van der Waals surface area contributed by atoms with Gasteiger partial charge in [-0.25, -0.2) is 9.98 Å². The Kier molecular flexibility index (Phi) is 1.67. The normalized spacial score (nSPS) is 15.3. The van der Waals surface area contributed by atoms with Crippen molar-refractivity contribution in [2.75, 3.05) is 0 Å². The van der Waals surface area contributed by atoms with E-state index in [0.717, 1.165) is 5.70 Å². The van der Waals surface area contributed by atoms with Gasteiger partial charge < -0.3 is 5.32 Å². The standard InChI is InChI=1S/C7H9N3/c1-5(2)10-7-6(3)8-4-9-7/h4H,1,3H2,2H3,(H,8,9,10). The number of nitrogens with one attached hydrogen (secondary N) is 1. The van der Waals surface area contributed by atoms with Crippen LogP contribution in [0.4, 0.5) is 0 Å². The number of hydrogen-bond donors (Lipinski definition) is 1. The molecule has 0 saturated heterocycles. The molecule has 3 heteroatoms. The van der Waals surface area contributed by atoms with E-state index < -0.39 is 0 Å². The summed E-state index contributed by atoms with van der Waals surface area (Å²) in [6.45, 7) is 9.18. The minimum atomic E-state index is 0.656. The van der Waals surface area contributed by atoms with E-state index >= 15 is 0 Å². The molecule has 0 amide bonds. The van der Waals surface area contributed by atoms with Crippen LogP contribution in [0.5, 0.6) is 0 Å². The summed E-state index contributed by atoms with van der Waals surface area (Å²) >= 11 is 0. The molecule has 0 aromatic heterocycles. The van der Waals surface area contributed by atoms with E-state index in [4.69, 9.17) is 0 Å². The van der Waals surface area contributed by atoms with Gasteiger partial charge in [0, 0.05) is 5.70 Å². The van der Waals surface area contributed by atoms with Crippen LogP contribution in [-0.2, 0) is 0 Å². The molecule has 0 aromatic carbocycles. The maximum atomic E-state index is 3.91. The maximum Gasteiger partial charge on any atom is 0.157 e. The molecule has 1 rings (SSSR count). The van der Waals surface area contributed by atoms with Crippen molar-refractivity contribution in [1.29, 1.82) is 0 Å². The van der Waals surface area contributed by atoms with Crippen LogP contribution in [0.1, 0.15) is 6.92 Å². The first-order valence-corrected chi connectivity index (χ1v) is 2.92. The van der Waals surface area contributed by atoms with Gasteiger partial charge >= 0.3 is 0 Å². The van der Waals surface area contributed by atoms with Crippen molar-refractivity contribution >= 4 is 12.2 Å². The van der Waals surface area contributed by atoms with Crippen LogP contribution in [0, 0.1) is 0 Å². The minimum absolute atomic E-state index is 0.656. The summed E-state index contributed by atoms with van der Waals surface area (Å²) in [5, 5.41) is 2.92. The first-order chi connectivity index (χ1) is 4.70. The van der Waals surface area contributed by atoms with E-state index in [-0.39, 0.29) is 0 Å². The molecule has 0 aliphatic carbocycles. The molecule has 0 aromatic rings. The van der Waals surface area contributed by atoms with Gasteiger partial charge in [0.25, 0.3) is 0 Å². The number of nitrogens with zero attached hydrogens (tertiary/aromatic N) is 2. The fourth-order valence-electron chi connectivity index (χ4n) is 0.598. The van der Waals surface area contributed by atoms with Gasteiger partial charge in [0.1, 0.15) is 12.0 Å². The molecule has 1 N–H and O–H groups in total. The zero-order valence-corrected chi connectivity index (χ0v) is 5.89. The number of allylic oxidation sites excluding steroid dienone is 1. The number of hydrogen-bond acceptors (Lipinski definition) is 3. The van der Waals surface area contributed by atoms with Gasteiger partial charge in [-0.3, -0.25) is 0 Å². The first-order valence-electron chi connectivity index (χ1n) is 2.92.